The van der Waals surface area contributed by atoms with Crippen LogP contribution >= 0.6 is 0 Å². The minimum absolute atomic E-state index is 0.821. The first-order valence-electron chi connectivity index (χ1n) is 4.93. The molecule has 1 aliphatic rings. The van der Waals surface area contributed by atoms with E-state index in [9.17, 15) is 0 Å². The van der Waals surface area contributed by atoms with E-state index in [2.05, 4.69) is 18.2 Å². The molecule has 0 aliphatic heterocycles. The molecule has 0 heterocycles. The van der Waals surface area contributed by atoms with Crippen LogP contribution in [0.25, 0.3) is 5.57 Å². The Bertz CT molecular complexity index is 417. The lowest BCUT2D eigenvalue weighted by Crippen LogP contribution is -1.92. The molecule has 2 nitrogen and oxygen atoms in total. The van der Waals surface area contributed by atoms with Gasteiger partial charge in [-0.1, -0.05) is 18.2 Å². The smallest absolute Gasteiger partial charge is 0.130 e. The Morgan fingerprint density at radius 3 is 2.60 bits per heavy atom. The van der Waals surface area contributed by atoms with Crippen LogP contribution in [-0.4, -0.2) is 14.2 Å². The lowest BCUT2D eigenvalue weighted by molar-refractivity contribution is 0.393. The second-order valence-corrected chi connectivity index (χ2v) is 3.39. The molecule has 0 radical (unpaired) electrons. The molecule has 2 rings (SSSR count). The molecule has 2 heteroatoms. The van der Waals surface area contributed by atoms with Crippen molar-refractivity contribution in [1.82, 2.24) is 0 Å². The highest BCUT2D eigenvalue weighted by Gasteiger charge is 2.10. The molecule has 0 amide bonds. The van der Waals surface area contributed by atoms with E-state index in [1.165, 1.54) is 5.57 Å². The van der Waals surface area contributed by atoms with E-state index in [0.29, 0.717) is 0 Å². The van der Waals surface area contributed by atoms with Gasteiger partial charge in [-0.05, 0) is 24.1 Å². The van der Waals surface area contributed by atoms with E-state index >= 15 is 0 Å². The standard InChI is InChI=1S/C13H14O2/c1-14-11-7-8-12(13(9-11)15-2)10-5-3-4-6-10/h3-5,7-9H,6H2,1-2H3. The first kappa shape index (κ1) is 9.84. The molecule has 1 aromatic carbocycles. The van der Waals surface area contributed by atoms with Crippen molar-refractivity contribution in [2.45, 2.75) is 6.42 Å². The zero-order valence-electron chi connectivity index (χ0n) is 8.99. The second-order valence-electron chi connectivity index (χ2n) is 3.39. The summed E-state index contributed by atoms with van der Waals surface area (Å²) in [5.41, 5.74) is 2.43. The molecule has 0 unspecified atom stereocenters. The van der Waals surface area contributed by atoms with Crippen LogP contribution in [-0.2, 0) is 0 Å². The number of hydrogen-bond acceptors (Lipinski definition) is 2. The second kappa shape index (κ2) is 4.22. The van der Waals surface area contributed by atoms with E-state index in [-0.39, 0.29) is 0 Å². The van der Waals surface area contributed by atoms with Gasteiger partial charge in [-0.3, -0.25) is 0 Å². The lowest BCUT2D eigenvalue weighted by Gasteiger charge is -2.10. The SMILES string of the molecule is COc1ccc(C2=CC=CC2)c(OC)c1. The van der Waals surface area contributed by atoms with Crippen molar-refractivity contribution < 1.29 is 9.47 Å². The topological polar surface area (TPSA) is 18.5 Å². The predicted molar refractivity (Wildman–Crippen MR) is 61.3 cm³/mol. The molecule has 1 aromatic rings. The molecule has 1 aliphatic carbocycles. The van der Waals surface area contributed by atoms with Crippen molar-refractivity contribution in [2.75, 3.05) is 14.2 Å². The maximum atomic E-state index is 5.35. The van der Waals surface area contributed by atoms with E-state index in [0.717, 1.165) is 23.5 Å². The Labute approximate surface area is 89.8 Å². The number of methoxy groups -OCH3 is 2. The fraction of sp³-hybridized carbons (Fsp3) is 0.231. The summed E-state index contributed by atoms with van der Waals surface area (Å²) in [5.74, 6) is 1.69. The van der Waals surface area contributed by atoms with Gasteiger partial charge in [0.2, 0.25) is 0 Å². The first-order chi connectivity index (χ1) is 7.35. The van der Waals surface area contributed by atoms with Crippen molar-refractivity contribution in [3.05, 3.63) is 42.0 Å². The van der Waals surface area contributed by atoms with Gasteiger partial charge in [-0.15, -0.1) is 0 Å². The number of rotatable bonds is 3. The Hall–Kier alpha value is -1.70. The molecule has 0 N–H and O–H groups in total. The predicted octanol–water partition coefficient (Wildman–Crippen LogP) is 3.05. The third-order valence-corrected chi connectivity index (χ3v) is 2.53. The van der Waals surface area contributed by atoms with Gasteiger partial charge in [-0.2, -0.15) is 0 Å². The maximum Gasteiger partial charge on any atom is 0.130 e. The van der Waals surface area contributed by atoms with Crippen molar-refractivity contribution in [1.29, 1.82) is 0 Å². The van der Waals surface area contributed by atoms with Crippen molar-refractivity contribution in [2.24, 2.45) is 0 Å². The van der Waals surface area contributed by atoms with Crippen molar-refractivity contribution in [3.8, 4) is 11.5 Å². The molecule has 0 aromatic heterocycles. The molecule has 78 valence electrons. The Morgan fingerprint density at radius 1 is 1.13 bits per heavy atom. The van der Waals surface area contributed by atoms with Crippen LogP contribution in [0.3, 0.4) is 0 Å². The highest BCUT2D eigenvalue weighted by Crippen LogP contribution is 2.33. The summed E-state index contributed by atoms with van der Waals surface area (Å²) in [4.78, 5) is 0. The number of allylic oxidation sites excluding steroid dienone is 4. The fourth-order valence-corrected chi connectivity index (χ4v) is 1.71. The summed E-state index contributed by atoms with van der Waals surface area (Å²) in [6, 6.07) is 5.90. The van der Waals surface area contributed by atoms with E-state index in [1.807, 2.05) is 18.2 Å². The third-order valence-electron chi connectivity index (χ3n) is 2.53. The van der Waals surface area contributed by atoms with Gasteiger partial charge in [-0.25, -0.2) is 0 Å². The van der Waals surface area contributed by atoms with Gasteiger partial charge in [0, 0.05) is 11.6 Å². The molecule has 0 saturated carbocycles. The average Bonchev–Trinajstić information content (AvgIpc) is 2.81. The van der Waals surface area contributed by atoms with Crippen LogP contribution in [0, 0.1) is 0 Å². The Balaban J connectivity index is 2.38. The van der Waals surface area contributed by atoms with Crippen LogP contribution in [0.2, 0.25) is 0 Å². The summed E-state index contributed by atoms with van der Waals surface area (Å²) in [7, 11) is 3.34. The number of ether oxygens (including phenoxy) is 2. The van der Waals surface area contributed by atoms with Gasteiger partial charge < -0.3 is 9.47 Å². The molecule has 0 spiro atoms. The zero-order chi connectivity index (χ0) is 10.7. The summed E-state index contributed by atoms with van der Waals surface area (Å²) in [6.07, 6.45) is 7.30. The first-order valence-corrected chi connectivity index (χ1v) is 4.93. The van der Waals surface area contributed by atoms with E-state index in [4.69, 9.17) is 9.47 Å². The van der Waals surface area contributed by atoms with Gasteiger partial charge in [0.05, 0.1) is 14.2 Å². The molecule has 0 fully saturated rings. The van der Waals surface area contributed by atoms with Gasteiger partial charge in [0.15, 0.2) is 0 Å². The molecule has 0 saturated heterocycles. The summed E-state index contributed by atoms with van der Waals surface area (Å²) in [5, 5.41) is 0. The number of benzene rings is 1. The minimum atomic E-state index is 0.821. The molecular weight excluding hydrogens is 188 g/mol. The molecule has 0 bridgehead atoms. The van der Waals surface area contributed by atoms with Gasteiger partial charge in [0.1, 0.15) is 11.5 Å². The zero-order valence-corrected chi connectivity index (χ0v) is 8.99. The Kier molecular flexibility index (Phi) is 2.77. The fourth-order valence-electron chi connectivity index (χ4n) is 1.71. The summed E-state index contributed by atoms with van der Waals surface area (Å²) < 4.78 is 10.5. The van der Waals surface area contributed by atoms with Crippen LogP contribution < -0.4 is 9.47 Å². The largest absolute Gasteiger partial charge is 0.497 e. The molecule has 0 atom stereocenters. The van der Waals surface area contributed by atoms with Crippen LogP contribution in [0.4, 0.5) is 0 Å². The van der Waals surface area contributed by atoms with E-state index in [1.54, 1.807) is 14.2 Å². The van der Waals surface area contributed by atoms with E-state index < -0.39 is 0 Å². The lowest BCUT2D eigenvalue weighted by atomic mass is 10.0. The monoisotopic (exact) mass is 202 g/mol. The van der Waals surface area contributed by atoms with Crippen molar-refractivity contribution >= 4 is 5.57 Å². The van der Waals surface area contributed by atoms with Gasteiger partial charge >= 0.3 is 0 Å². The normalized spacial score (nSPS) is 13.9. The van der Waals surface area contributed by atoms with Crippen LogP contribution in [0.1, 0.15) is 12.0 Å². The number of hydrogen-bond donors (Lipinski definition) is 0. The van der Waals surface area contributed by atoms with Crippen LogP contribution in [0.15, 0.2) is 36.4 Å². The molecule has 15 heavy (non-hydrogen) atoms. The summed E-state index contributed by atoms with van der Waals surface area (Å²) in [6.45, 7) is 0. The van der Waals surface area contributed by atoms with Gasteiger partial charge in [0.25, 0.3) is 0 Å². The highest BCUT2D eigenvalue weighted by molar-refractivity contribution is 5.75. The third kappa shape index (κ3) is 1.89. The summed E-state index contributed by atoms with van der Waals surface area (Å²) >= 11 is 0. The quantitative estimate of drug-likeness (QED) is 0.750. The average molecular weight is 202 g/mol. The maximum absolute atomic E-state index is 5.35. The Morgan fingerprint density at radius 2 is 2.00 bits per heavy atom. The highest BCUT2D eigenvalue weighted by atomic mass is 16.5. The molecular formula is C13H14O2. The van der Waals surface area contributed by atoms with Crippen molar-refractivity contribution in [3.63, 3.8) is 0 Å². The van der Waals surface area contributed by atoms with Crippen LogP contribution in [0.5, 0.6) is 11.5 Å². The minimum Gasteiger partial charge on any atom is -0.497 e.